The quantitative estimate of drug-likeness (QED) is 0.186. The van der Waals surface area contributed by atoms with Crippen LogP contribution in [0.5, 0.6) is 11.5 Å². The van der Waals surface area contributed by atoms with Crippen molar-refractivity contribution in [3.63, 3.8) is 0 Å². The average Bonchev–Trinajstić information content (AvgIpc) is 3.77. The van der Waals surface area contributed by atoms with Crippen molar-refractivity contribution in [2.75, 3.05) is 44.7 Å². The third-order valence-electron chi connectivity index (χ3n) is 8.87. The number of amides is 2. The molecule has 0 bridgehead atoms. The minimum absolute atomic E-state index is 0.0577. The van der Waals surface area contributed by atoms with Crippen LogP contribution in [0.1, 0.15) is 27.0 Å². The van der Waals surface area contributed by atoms with E-state index in [4.69, 9.17) is 37.7 Å². The van der Waals surface area contributed by atoms with Gasteiger partial charge in [0.2, 0.25) is 0 Å². The molecule has 3 aromatic carbocycles. The number of aromatic carboxylic acids is 1. The highest BCUT2D eigenvalue weighted by Gasteiger charge is 2.42. The molecule has 2 atom stereocenters. The molecule has 0 unspecified atom stereocenters. The molecule has 4 aromatic rings. The summed E-state index contributed by atoms with van der Waals surface area (Å²) in [6, 6.07) is 10.5. The van der Waals surface area contributed by atoms with E-state index < -0.39 is 29.6 Å². The molecule has 2 amide bonds. The van der Waals surface area contributed by atoms with Crippen LogP contribution >= 0.6 is 34.5 Å². The molecule has 1 aromatic heterocycles. The second kappa shape index (κ2) is 14.5. The van der Waals surface area contributed by atoms with Gasteiger partial charge in [0.25, 0.3) is 0 Å². The number of aliphatic imine (C=N–C) groups is 1. The summed E-state index contributed by atoms with van der Waals surface area (Å²) >= 11 is 13.9. The lowest BCUT2D eigenvalue weighted by Gasteiger charge is -2.38. The Balaban J connectivity index is 1.10. The highest BCUT2D eigenvalue weighted by atomic mass is 35.5. The molecule has 52 heavy (non-hydrogen) atoms. The number of carbonyl (C=O) groups is 3. The van der Waals surface area contributed by atoms with Gasteiger partial charge in [0, 0.05) is 78.4 Å². The Morgan fingerprint density at radius 3 is 2.58 bits per heavy atom. The molecule has 3 aliphatic heterocycles. The van der Waals surface area contributed by atoms with Crippen LogP contribution in [0, 0.1) is 11.6 Å². The van der Waals surface area contributed by atoms with Crippen LogP contribution in [0.4, 0.5) is 19.3 Å². The number of carboxylic acid groups (broad SMARTS) is 1. The fourth-order valence-electron chi connectivity index (χ4n) is 6.42. The van der Waals surface area contributed by atoms with Gasteiger partial charge in [-0.25, -0.2) is 28.1 Å². The number of benzene rings is 3. The summed E-state index contributed by atoms with van der Waals surface area (Å²) in [7, 11) is 1.27. The van der Waals surface area contributed by atoms with Gasteiger partial charge in [0.1, 0.15) is 17.6 Å². The largest absolute Gasteiger partial charge is 0.478 e. The standard InChI is InChI=1S/C35H28Cl2F2N6O6S/c1-50-34(48)29-27(41-31(32-40-8-11-52-32)42-30(29)22-5-2-18(38)12-24(22)36)17-43-9-10-44-20(15-43)16-45(35(44)49)19-3-7-28(26(39)13-19)51-21-4-6-23(33(46)47)25(37)14-21/h2-8,11-14,20,30H,9-10,15-17H2,1H3,(H,41,42)(H,46,47)/t20-,30-/m0/s1. The van der Waals surface area contributed by atoms with Gasteiger partial charge in [-0.05, 0) is 36.4 Å². The van der Waals surface area contributed by atoms with Crippen LogP contribution in [0.2, 0.25) is 10.0 Å². The molecule has 0 spiro atoms. The first-order valence-electron chi connectivity index (χ1n) is 15.8. The summed E-state index contributed by atoms with van der Waals surface area (Å²) in [5.74, 6) is -2.67. The fourth-order valence-corrected chi connectivity index (χ4v) is 7.53. The number of aromatic nitrogens is 1. The summed E-state index contributed by atoms with van der Waals surface area (Å²) < 4.78 is 40.1. The normalized spacial score (nSPS) is 18.9. The number of methoxy groups -OCH3 is 1. The average molecular weight is 770 g/mol. The van der Waals surface area contributed by atoms with Crippen molar-refractivity contribution < 1.29 is 37.7 Å². The molecule has 17 heteroatoms. The number of thiazole rings is 1. The van der Waals surface area contributed by atoms with Crippen molar-refractivity contribution in [2.45, 2.75) is 12.1 Å². The Hall–Kier alpha value is -5.09. The smallest absolute Gasteiger partial charge is 0.338 e. The van der Waals surface area contributed by atoms with E-state index in [1.165, 1.54) is 65.8 Å². The number of carboxylic acids is 1. The van der Waals surface area contributed by atoms with Crippen LogP contribution in [0.15, 0.2) is 82.4 Å². The number of hydrogen-bond acceptors (Lipinski definition) is 10. The highest BCUT2D eigenvalue weighted by molar-refractivity contribution is 7.11. The minimum Gasteiger partial charge on any atom is -0.478 e. The number of esters is 1. The molecule has 12 nitrogen and oxygen atoms in total. The number of fused-ring (bicyclic) bond motifs is 1. The molecule has 0 radical (unpaired) electrons. The van der Waals surface area contributed by atoms with Gasteiger partial charge in [0.05, 0.1) is 29.3 Å². The number of nitrogens with one attached hydrogen (secondary N) is 1. The number of amidine groups is 1. The predicted molar refractivity (Wildman–Crippen MR) is 190 cm³/mol. The van der Waals surface area contributed by atoms with E-state index >= 15 is 4.39 Å². The molecule has 268 valence electrons. The van der Waals surface area contributed by atoms with Gasteiger partial charge in [-0.1, -0.05) is 29.3 Å². The fraction of sp³-hybridized carbons (Fsp3) is 0.229. The van der Waals surface area contributed by atoms with Crippen molar-refractivity contribution in [1.82, 2.24) is 20.1 Å². The number of hydrogen-bond donors (Lipinski definition) is 2. The van der Waals surface area contributed by atoms with Crippen LogP contribution < -0.4 is 15.0 Å². The maximum absolute atomic E-state index is 15.3. The number of urea groups is 1. The Kier molecular flexibility index (Phi) is 9.85. The number of nitrogens with zero attached hydrogens (tertiary/aromatic N) is 5. The molecule has 0 saturated carbocycles. The Labute approximate surface area is 309 Å². The second-order valence-electron chi connectivity index (χ2n) is 12.0. The van der Waals surface area contributed by atoms with Gasteiger partial charge < -0.3 is 24.8 Å². The van der Waals surface area contributed by atoms with E-state index in [1.54, 1.807) is 22.5 Å². The van der Waals surface area contributed by atoms with Gasteiger partial charge in [-0.3, -0.25) is 14.8 Å². The van der Waals surface area contributed by atoms with Crippen LogP contribution in [-0.2, 0) is 9.53 Å². The topological polar surface area (TPSA) is 137 Å². The maximum Gasteiger partial charge on any atom is 0.338 e. The van der Waals surface area contributed by atoms with Crippen molar-refractivity contribution in [3.05, 3.63) is 115 Å². The summed E-state index contributed by atoms with van der Waals surface area (Å²) in [5, 5.41) is 14.9. The first kappa shape index (κ1) is 35.3. The zero-order chi connectivity index (χ0) is 36.7. The van der Waals surface area contributed by atoms with E-state index in [1.807, 2.05) is 0 Å². The number of piperazine rings is 1. The van der Waals surface area contributed by atoms with Crippen LogP contribution in [0.3, 0.4) is 0 Å². The summed E-state index contributed by atoms with van der Waals surface area (Å²) in [6.45, 7) is 1.80. The number of rotatable bonds is 9. The van der Waals surface area contributed by atoms with E-state index in [0.717, 1.165) is 6.07 Å². The second-order valence-corrected chi connectivity index (χ2v) is 13.7. The number of carbonyl (C=O) groups excluding carboxylic acids is 2. The number of ether oxygens (including phenoxy) is 2. The first-order valence-corrected chi connectivity index (χ1v) is 17.5. The predicted octanol–water partition coefficient (Wildman–Crippen LogP) is 6.36. The lowest BCUT2D eigenvalue weighted by atomic mass is 9.95. The Bertz CT molecular complexity index is 2150. The lowest BCUT2D eigenvalue weighted by Crippen LogP contribution is -2.53. The van der Waals surface area contributed by atoms with Crippen molar-refractivity contribution >= 4 is 64.0 Å². The number of halogens is 4. The van der Waals surface area contributed by atoms with Gasteiger partial charge >= 0.3 is 18.0 Å². The zero-order valence-electron chi connectivity index (χ0n) is 27.2. The summed E-state index contributed by atoms with van der Waals surface area (Å²) in [6.07, 6.45) is 1.63. The van der Waals surface area contributed by atoms with Crippen molar-refractivity contribution in [1.29, 1.82) is 0 Å². The minimum atomic E-state index is -1.20. The molecular weight excluding hydrogens is 741 g/mol. The van der Waals surface area contributed by atoms with Crippen molar-refractivity contribution in [3.8, 4) is 11.5 Å². The molecule has 2 saturated heterocycles. The highest BCUT2D eigenvalue weighted by Crippen LogP contribution is 2.38. The molecule has 2 fully saturated rings. The summed E-state index contributed by atoms with van der Waals surface area (Å²) in [5.41, 5.74) is 1.35. The zero-order valence-corrected chi connectivity index (χ0v) is 29.5. The summed E-state index contributed by atoms with van der Waals surface area (Å²) in [4.78, 5) is 52.6. The molecule has 0 aliphatic carbocycles. The van der Waals surface area contributed by atoms with E-state index in [9.17, 15) is 23.9 Å². The Morgan fingerprint density at radius 2 is 1.88 bits per heavy atom. The molecule has 2 N–H and O–H groups in total. The van der Waals surface area contributed by atoms with Gasteiger partial charge in [-0.2, -0.15) is 0 Å². The first-order chi connectivity index (χ1) is 25.0. The molecule has 7 rings (SSSR count). The SMILES string of the molecule is COC(=O)C1=C(CN2CCN3C(=O)N(c4ccc(Oc5ccc(C(=O)O)c(Cl)c5)c(F)c4)C[C@@H]3C2)NC(c2nccs2)=N[C@H]1c1ccc(F)cc1Cl. The third-order valence-corrected chi connectivity index (χ3v) is 10.3. The van der Waals surface area contributed by atoms with Gasteiger partial charge in [-0.15, -0.1) is 11.3 Å². The third kappa shape index (κ3) is 6.91. The van der Waals surface area contributed by atoms with E-state index in [2.05, 4.69) is 15.2 Å². The molecule has 4 heterocycles. The molecule has 3 aliphatic rings. The van der Waals surface area contributed by atoms with Crippen LogP contribution in [-0.4, -0.2) is 89.6 Å². The van der Waals surface area contributed by atoms with Gasteiger partial charge in [0.15, 0.2) is 22.4 Å². The lowest BCUT2D eigenvalue weighted by molar-refractivity contribution is -0.136. The Morgan fingerprint density at radius 1 is 1.06 bits per heavy atom. The maximum atomic E-state index is 15.3. The monoisotopic (exact) mass is 768 g/mol. The number of anilines is 1. The molecular formula is C35H28Cl2F2N6O6S. The van der Waals surface area contributed by atoms with Crippen LogP contribution in [0.25, 0.3) is 0 Å². The van der Waals surface area contributed by atoms with E-state index in [-0.39, 0.29) is 57.8 Å². The van der Waals surface area contributed by atoms with Crippen molar-refractivity contribution in [2.24, 2.45) is 4.99 Å². The van der Waals surface area contributed by atoms with E-state index in [0.29, 0.717) is 47.4 Å².